The quantitative estimate of drug-likeness (QED) is 0.169. The molecule has 5 aromatic rings. The number of nitrogens with one attached hydrogen (secondary N) is 2. The molecular formula is C53H61N11O6. The third-order valence-electron chi connectivity index (χ3n) is 15.6. The summed E-state index contributed by atoms with van der Waals surface area (Å²) in [4.78, 5) is 85.3. The lowest BCUT2D eigenvalue weighted by Crippen LogP contribution is -2.58. The number of piperazine rings is 1. The first-order chi connectivity index (χ1) is 34.8. The van der Waals surface area contributed by atoms with Crippen molar-refractivity contribution in [2.24, 2.45) is 12.4 Å². The molecule has 1 aromatic carbocycles. The predicted octanol–water partition coefficient (Wildman–Crippen LogP) is 4.99. The molecule has 0 spiro atoms. The average Bonchev–Trinajstić information content (AvgIpc) is 3.98. The van der Waals surface area contributed by atoms with Gasteiger partial charge in [0.25, 0.3) is 17.4 Å². The van der Waals surface area contributed by atoms with Crippen LogP contribution in [0.5, 0.6) is 0 Å². The van der Waals surface area contributed by atoms with Crippen LogP contribution in [0.15, 0.2) is 71.9 Å². The van der Waals surface area contributed by atoms with Gasteiger partial charge in [-0.1, -0.05) is 13.8 Å². The van der Waals surface area contributed by atoms with Gasteiger partial charge < -0.3 is 34.3 Å². The minimum absolute atomic E-state index is 0.0228. The Labute approximate surface area is 411 Å². The fourth-order valence-corrected chi connectivity index (χ4v) is 12.1. The van der Waals surface area contributed by atoms with Gasteiger partial charge in [0.15, 0.2) is 0 Å². The van der Waals surface area contributed by atoms with E-state index in [4.69, 9.17) is 4.11 Å². The first-order valence-corrected chi connectivity index (χ1v) is 24.5. The minimum atomic E-state index is -2.83. The van der Waals surface area contributed by atoms with Gasteiger partial charge in [0.2, 0.25) is 11.8 Å². The molecule has 3 fully saturated rings. The highest BCUT2D eigenvalue weighted by molar-refractivity contribution is 6.07. The largest absolute Gasteiger partial charge is 0.392 e. The Morgan fingerprint density at radius 2 is 1.67 bits per heavy atom. The van der Waals surface area contributed by atoms with E-state index in [1.165, 1.54) is 23.7 Å². The van der Waals surface area contributed by atoms with Crippen LogP contribution in [0.25, 0.3) is 11.1 Å². The lowest BCUT2D eigenvalue weighted by atomic mass is 9.90. The number of imide groups is 1. The summed E-state index contributed by atoms with van der Waals surface area (Å²) in [6, 6.07) is 15.1. The molecule has 5 aliphatic heterocycles. The zero-order valence-corrected chi connectivity index (χ0v) is 40.1. The molecule has 1 aliphatic carbocycles. The Morgan fingerprint density at radius 1 is 0.843 bits per heavy atom. The molecule has 11 rings (SSSR count). The maximum Gasteiger partial charge on any atom is 0.276 e. The van der Waals surface area contributed by atoms with Gasteiger partial charge in [-0.05, 0) is 117 Å². The second-order valence-corrected chi connectivity index (χ2v) is 20.8. The molecule has 70 heavy (non-hydrogen) atoms. The van der Waals surface area contributed by atoms with Gasteiger partial charge in [-0.3, -0.25) is 39.1 Å². The fourth-order valence-electron chi connectivity index (χ4n) is 12.1. The molecule has 4 amide bonds. The number of carbonyl (C=O) groups is 4. The van der Waals surface area contributed by atoms with Crippen LogP contribution in [0.2, 0.25) is 0 Å². The first kappa shape index (κ1) is 42.1. The maximum absolute atomic E-state index is 14.1. The molecular weight excluding hydrogens is 887 g/mol. The van der Waals surface area contributed by atoms with Crippen LogP contribution in [-0.2, 0) is 49.1 Å². The van der Waals surface area contributed by atoms with E-state index < -0.39 is 31.1 Å². The number of carbonyl (C=O) groups excluding carboxylic acids is 4. The van der Waals surface area contributed by atoms with E-state index in [-0.39, 0.29) is 53.1 Å². The Hall–Kier alpha value is -6.85. The van der Waals surface area contributed by atoms with Gasteiger partial charge in [-0.2, -0.15) is 0 Å². The Bertz CT molecular complexity index is 3130. The monoisotopic (exact) mass is 950 g/mol. The number of hydrogen-bond acceptors (Lipinski definition) is 12. The number of fused-ring (bicyclic) bond motifs is 4. The molecule has 6 aliphatic rings. The smallest absolute Gasteiger partial charge is 0.276 e. The molecule has 364 valence electrons. The molecule has 9 heterocycles. The van der Waals surface area contributed by atoms with Gasteiger partial charge in [-0.15, -0.1) is 0 Å². The van der Waals surface area contributed by atoms with E-state index in [1.807, 2.05) is 24.3 Å². The molecule has 0 bridgehead atoms. The highest BCUT2D eigenvalue weighted by Crippen LogP contribution is 2.41. The second-order valence-electron chi connectivity index (χ2n) is 20.8. The summed E-state index contributed by atoms with van der Waals surface area (Å²) in [7, 11) is 0. The van der Waals surface area contributed by atoms with E-state index >= 15 is 0 Å². The molecule has 17 heteroatoms. The number of amides is 4. The molecule has 0 radical (unpaired) electrons. The number of anilines is 5. The number of hydrogen-bond donors (Lipinski definition) is 3. The summed E-state index contributed by atoms with van der Waals surface area (Å²) in [6.07, 6.45) is 8.85. The number of aromatic nitrogens is 4. The summed E-state index contributed by atoms with van der Waals surface area (Å²) in [5, 5.41) is 16.3. The van der Waals surface area contributed by atoms with Crippen molar-refractivity contribution in [1.29, 1.82) is 0 Å². The Morgan fingerprint density at radius 3 is 2.43 bits per heavy atom. The number of aliphatic hydroxyl groups is 1. The minimum Gasteiger partial charge on any atom is -0.392 e. The van der Waals surface area contributed by atoms with Crippen molar-refractivity contribution in [3.63, 3.8) is 0 Å². The van der Waals surface area contributed by atoms with E-state index in [2.05, 4.69) is 73.6 Å². The van der Waals surface area contributed by atoms with Crippen molar-refractivity contribution in [3.05, 3.63) is 111 Å². The SMILES string of the molecule is [2H]C([2H])([2H])n1cc(-c2ccnc(N3CCn4c(cc5c4CC(C)(C)C5)C3=O)c2CO)cc(Nc2ccc(N3CCN([C@@H]4CCN(c5ccc6c(c5)CN([C@H]5CCC(=O)NC5=O)C6=O)[C@H](C)C4)C[C@@H]3C)cn2)c1=O. The summed E-state index contributed by atoms with van der Waals surface area (Å²) >= 11 is 0. The van der Waals surface area contributed by atoms with E-state index in [0.29, 0.717) is 70.4 Å². The van der Waals surface area contributed by atoms with Crippen LogP contribution in [0.4, 0.5) is 28.7 Å². The van der Waals surface area contributed by atoms with Crippen molar-refractivity contribution in [1.82, 2.24) is 34.2 Å². The van der Waals surface area contributed by atoms with Crippen molar-refractivity contribution in [2.45, 2.75) is 110 Å². The summed E-state index contributed by atoms with van der Waals surface area (Å²) < 4.78 is 27.6. The highest BCUT2D eigenvalue weighted by Gasteiger charge is 2.41. The van der Waals surface area contributed by atoms with E-state index in [1.54, 1.807) is 34.2 Å². The van der Waals surface area contributed by atoms with Gasteiger partial charge in [-0.25, -0.2) is 9.97 Å². The number of aryl methyl sites for hydroxylation is 1. The number of aliphatic hydroxyl groups excluding tert-OH is 1. The Balaban J connectivity index is 0.748. The summed E-state index contributed by atoms with van der Waals surface area (Å²) in [5.41, 5.74) is 6.91. The van der Waals surface area contributed by atoms with Crippen LogP contribution in [0.1, 0.15) is 101 Å². The highest BCUT2D eigenvalue weighted by atomic mass is 16.3. The summed E-state index contributed by atoms with van der Waals surface area (Å²) in [6.45, 7) is 10.2. The molecule has 4 atom stereocenters. The molecule has 3 N–H and O–H groups in total. The summed E-state index contributed by atoms with van der Waals surface area (Å²) in [5.74, 6) is -0.477. The maximum atomic E-state index is 14.1. The number of nitrogens with zero attached hydrogens (tertiary/aromatic N) is 9. The molecule has 3 saturated heterocycles. The van der Waals surface area contributed by atoms with Crippen molar-refractivity contribution in [3.8, 4) is 11.1 Å². The van der Waals surface area contributed by atoms with E-state index in [9.17, 15) is 29.1 Å². The predicted molar refractivity (Wildman–Crippen MR) is 266 cm³/mol. The molecule has 4 aromatic heterocycles. The molecule has 17 nitrogen and oxygen atoms in total. The Kier molecular flexibility index (Phi) is 10.5. The van der Waals surface area contributed by atoms with Gasteiger partial charge in [0.05, 0.1) is 18.5 Å². The van der Waals surface area contributed by atoms with Crippen LogP contribution >= 0.6 is 0 Å². The first-order valence-electron chi connectivity index (χ1n) is 26.0. The topological polar surface area (TPSA) is 181 Å². The van der Waals surface area contributed by atoms with Gasteiger partial charge in [0.1, 0.15) is 29.1 Å². The standard InChI is InChI=1S/C53H61N11O6/c1-31-20-36(13-15-60(31)37-6-8-40-34(21-37)29-64(50(40)68)43-9-11-47(66)57-49(43)67)59-16-17-61(32(2)27-59)38-7-10-46(55-26-38)56-42-22-35(28-58(5)51(42)69)39-12-14-54-48(41(39)30-65)63-19-18-62-44(52(63)70)23-33-24-53(3,4)25-45(33)62/h6-8,10,12,14,21-23,26,28,31-32,36,43,65H,9,11,13,15-20,24-25,27,29-30H2,1-5H3,(H,55,56)(H,57,66,67)/t31-,32+,36-,43+/m1/s1/i5D3. The fraction of sp³-hybridized carbons (Fsp3) is 0.453. The van der Waals surface area contributed by atoms with Crippen LogP contribution in [-0.4, -0.2) is 115 Å². The normalized spacial score (nSPS) is 24.2. The van der Waals surface area contributed by atoms with Crippen molar-refractivity contribution in [2.75, 3.05) is 52.7 Å². The van der Waals surface area contributed by atoms with Crippen LogP contribution < -0.4 is 30.9 Å². The number of piperidine rings is 2. The average molecular weight is 951 g/mol. The zero-order chi connectivity index (χ0) is 51.2. The van der Waals surface area contributed by atoms with Crippen molar-refractivity contribution < 1.29 is 28.4 Å². The van der Waals surface area contributed by atoms with Gasteiger partial charge >= 0.3 is 0 Å². The van der Waals surface area contributed by atoms with Crippen LogP contribution in [0, 0.1) is 5.41 Å². The second kappa shape index (κ2) is 17.5. The van der Waals surface area contributed by atoms with Crippen molar-refractivity contribution >= 4 is 52.3 Å². The number of pyridine rings is 3. The van der Waals surface area contributed by atoms with Gasteiger partial charge in [0, 0.05) is 122 Å². The third-order valence-corrected chi connectivity index (χ3v) is 15.6. The number of benzene rings is 1. The molecule has 0 unspecified atom stereocenters. The van der Waals surface area contributed by atoms with E-state index in [0.717, 1.165) is 68.8 Å². The zero-order valence-electron chi connectivity index (χ0n) is 43.1. The lowest BCUT2D eigenvalue weighted by Gasteiger charge is -2.48. The molecule has 0 saturated carbocycles. The van der Waals surface area contributed by atoms with Crippen LogP contribution in [0.3, 0.4) is 0 Å². The lowest BCUT2D eigenvalue weighted by molar-refractivity contribution is -0.136. The third kappa shape index (κ3) is 8.01. The number of rotatable bonds is 9.